The molecule has 0 bridgehead atoms. The minimum Gasteiger partial charge on any atom is -0.382 e. The summed E-state index contributed by atoms with van der Waals surface area (Å²) >= 11 is 0. The average molecular weight is 479 g/mol. The summed E-state index contributed by atoms with van der Waals surface area (Å²) < 4.78 is 41.6. The highest BCUT2D eigenvalue weighted by Crippen LogP contribution is 2.57. The van der Waals surface area contributed by atoms with Gasteiger partial charge in [-0.2, -0.15) is 13.2 Å². The summed E-state index contributed by atoms with van der Waals surface area (Å²) in [7, 11) is 0. The third kappa shape index (κ3) is 3.67. The van der Waals surface area contributed by atoms with Crippen molar-refractivity contribution in [3.8, 4) is 11.3 Å². The SMILES string of the molecule is C[C@@](O)(c1ccc(-c2nc([C@H]3C[C@@H]4C[C@@H]4C3)n3ccnc(N)c23)cc1)c1cccc(C(F)(F)F)c1. The molecule has 6 rings (SSSR count). The molecule has 3 N–H and O–H groups in total. The van der Waals surface area contributed by atoms with Crippen molar-refractivity contribution in [2.75, 3.05) is 5.73 Å². The van der Waals surface area contributed by atoms with Crippen molar-refractivity contribution in [1.29, 1.82) is 0 Å². The van der Waals surface area contributed by atoms with Gasteiger partial charge in [0.05, 0.1) is 5.56 Å². The fourth-order valence-corrected chi connectivity index (χ4v) is 5.62. The van der Waals surface area contributed by atoms with E-state index in [1.165, 1.54) is 25.5 Å². The predicted octanol–water partition coefficient (Wildman–Crippen LogP) is 5.77. The van der Waals surface area contributed by atoms with Gasteiger partial charge in [0, 0.05) is 23.9 Å². The molecule has 2 aromatic heterocycles. The van der Waals surface area contributed by atoms with Crippen LogP contribution in [0.15, 0.2) is 60.9 Å². The van der Waals surface area contributed by atoms with Crippen molar-refractivity contribution in [2.45, 2.75) is 43.9 Å². The second-order valence-electron chi connectivity index (χ2n) is 10.0. The molecule has 0 spiro atoms. The monoisotopic (exact) mass is 478 g/mol. The summed E-state index contributed by atoms with van der Waals surface area (Å²) in [6, 6.07) is 11.9. The molecule has 2 aliphatic carbocycles. The minimum atomic E-state index is -4.48. The van der Waals surface area contributed by atoms with Gasteiger partial charge >= 0.3 is 6.18 Å². The Balaban J connectivity index is 1.37. The lowest BCUT2D eigenvalue weighted by molar-refractivity contribution is -0.137. The van der Waals surface area contributed by atoms with E-state index in [1.807, 2.05) is 22.7 Å². The zero-order chi connectivity index (χ0) is 24.5. The van der Waals surface area contributed by atoms with Gasteiger partial charge in [-0.25, -0.2) is 9.97 Å². The highest BCUT2D eigenvalue weighted by atomic mass is 19.4. The number of nitrogen functional groups attached to an aromatic ring is 1. The number of anilines is 1. The molecule has 0 amide bonds. The standard InChI is InChI=1S/C27H25F3N4O/c1-26(35,20-3-2-4-21(14-20)27(28,29)30)19-7-5-15(6-8-19)22-23-24(31)32-9-10-34(23)25(33-22)18-12-16-11-17(16)13-18/h2-10,14,16-18,35H,11-13H2,1H3,(H2,31,32)/t16-,17+,18-,26-/m1/s1. The van der Waals surface area contributed by atoms with Crippen LogP contribution < -0.4 is 5.73 Å². The van der Waals surface area contributed by atoms with Crippen LogP contribution in [0.1, 0.15) is 54.6 Å². The normalized spacial score (nSPS) is 23.3. The molecular weight excluding hydrogens is 453 g/mol. The number of halogens is 3. The van der Waals surface area contributed by atoms with Gasteiger partial charge in [0.15, 0.2) is 0 Å². The van der Waals surface area contributed by atoms with E-state index in [2.05, 4.69) is 4.98 Å². The molecule has 2 saturated carbocycles. The van der Waals surface area contributed by atoms with Crippen LogP contribution in [-0.2, 0) is 11.8 Å². The molecule has 0 radical (unpaired) electrons. The number of nitrogens with two attached hydrogens (primary N) is 1. The maximum Gasteiger partial charge on any atom is 0.416 e. The summed E-state index contributed by atoms with van der Waals surface area (Å²) in [6.07, 6.45) is 2.71. The van der Waals surface area contributed by atoms with Gasteiger partial charge < -0.3 is 10.8 Å². The second kappa shape index (κ2) is 7.55. The molecule has 4 atom stereocenters. The lowest BCUT2D eigenvalue weighted by Gasteiger charge is -2.25. The Hall–Kier alpha value is -3.39. The maximum absolute atomic E-state index is 13.2. The van der Waals surface area contributed by atoms with Crippen molar-refractivity contribution in [1.82, 2.24) is 14.4 Å². The fraction of sp³-hybridized carbons (Fsp3) is 0.333. The molecule has 180 valence electrons. The number of rotatable bonds is 4. The van der Waals surface area contributed by atoms with Crippen molar-refractivity contribution < 1.29 is 18.3 Å². The first kappa shape index (κ1) is 22.1. The molecule has 8 heteroatoms. The van der Waals surface area contributed by atoms with Crippen LogP contribution in [0, 0.1) is 11.8 Å². The molecule has 5 nitrogen and oxygen atoms in total. The minimum absolute atomic E-state index is 0.169. The van der Waals surface area contributed by atoms with Crippen molar-refractivity contribution >= 4 is 11.3 Å². The number of hydrogen-bond acceptors (Lipinski definition) is 4. The smallest absolute Gasteiger partial charge is 0.382 e. The van der Waals surface area contributed by atoms with Gasteiger partial charge in [0.2, 0.25) is 0 Å². The molecule has 0 aliphatic heterocycles. The average Bonchev–Trinajstić information content (AvgIpc) is 3.25. The van der Waals surface area contributed by atoms with Gasteiger partial charge in [0.1, 0.15) is 28.5 Å². The van der Waals surface area contributed by atoms with Gasteiger partial charge in [-0.15, -0.1) is 0 Å². The predicted molar refractivity (Wildman–Crippen MR) is 127 cm³/mol. The fourth-order valence-electron chi connectivity index (χ4n) is 5.62. The van der Waals surface area contributed by atoms with Gasteiger partial charge in [0.25, 0.3) is 0 Å². The number of nitrogens with zero attached hydrogens (tertiary/aromatic N) is 3. The second-order valence-corrected chi connectivity index (χ2v) is 10.0. The highest BCUT2D eigenvalue weighted by Gasteiger charge is 2.47. The number of imidazole rings is 1. The van der Waals surface area contributed by atoms with E-state index in [9.17, 15) is 18.3 Å². The Morgan fingerprint density at radius 1 is 0.971 bits per heavy atom. The van der Waals surface area contributed by atoms with E-state index < -0.39 is 17.3 Å². The molecule has 2 aromatic carbocycles. The van der Waals surface area contributed by atoms with Crippen molar-refractivity contribution in [3.05, 3.63) is 83.4 Å². The molecular formula is C27H25F3N4O. The Morgan fingerprint density at radius 2 is 1.66 bits per heavy atom. The third-order valence-corrected chi connectivity index (χ3v) is 7.69. The molecule has 2 heterocycles. The third-order valence-electron chi connectivity index (χ3n) is 7.69. The van der Waals surface area contributed by atoms with E-state index in [4.69, 9.17) is 10.7 Å². The summed E-state index contributed by atoms with van der Waals surface area (Å²) in [5, 5.41) is 11.2. The summed E-state index contributed by atoms with van der Waals surface area (Å²) in [5.41, 5.74) is 6.79. The largest absolute Gasteiger partial charge is 0.416 e. The first-order valence-electron chi connectivity index (χ1n) is 11.8. The van der Waals surface area contributed by atoms with Gasteiger partial charge in [-0.1, -0.05) is 36.4 Å². The first-order chi connectivity index (χ1) is 16.6. The summed E-state index contributed by atoms with van der Waals surface area (Å²) in [4.78, 5) is 9.27. The van der Waals surface area contributed by atoms with E-state index >= 15 is 0 Å². The number of fused-ring (bicyclic) bond motifs is 2. The van der Waals surface area contributed by atoms with E-state index in [1.54, 1.807) is 18.3 Å². The Labute approximate surface area is 200 Å². The lowest BCUT2D eigenvalue weighted by atomic mass is 9.87. The van der Waals surface area contributed by atoms with Crippen molar-refractivity contribution in [3.63, 3.8) is 0 Å². The molecule has 2 aliphatic rings. The molecule has 0 saturated heterocycles. The van der Waals surface area contributed by atoms with Crippen LogP contribution in [0.4, 0.5) is 19.0 Å². The lowest BCUT2D eigenvalue weighted by Crippen LogP contribution is -2.23. The number of hydrogen-bond donors (Lipinski definition) is 2. The highest BCUT2D eigenvalue weighted by molar-refractivity contribution is 5.85. The Bertz CT molecular complexity index is 1410. The number of aromatic nitrogens is 3. The zero-order valence-corrected chi connectivity index (χ0v) is 19.1. The number of aliphatic hydroxyl groups is 1. The molecule has 4 aromatic rings. The molecule has 35 heavy (non-hydrogen) atoms. The summed E-state index contributed by atoms with van der Waals surface area (Å²) in [5.74, 6) is 3.41. The Morgan fingerprint density at radius 3 is 2.34 bits per heavy atom. The van der Waals surface area contributed by atoms with Crippen LogP contribution >= 0.6 is 0 Å². The van der Waals surface area contributed by atoms with E-state index in [0.717, 1.165) is 59.4 Å². The quantitative estimate of drug-likeness (QED) is 0.391. The number of alkyl halides is 3. The van der Waals surface area contributed by atoms with Gasteiger partial charge in [-0.05, 0) is 61.3 Å². The van der Waals surface area contributed by atoms with Crippen LogP contribution in [0.25, 0.3) is 16.8 Å². The summed E-state index contributed by atoms with van der Waals surface area (Å²) in [6.45, 7) is 1.49. The van der Waals surface area contributed by atoms with Crippen LogP contribution in [-0.4, -0.2) is 19.5 Å². The first-order valence-corrected chi connectivity index (χ1v) is 11.8. The number of benzene rings is 2. The zero-order valence-electron chi connectivity index (χ0n) is 19.1. The van der Waals surface area contributed by atoms with Gasteiger partial charge in [-0.3, -0.25) is 4.40 Å². The van der Waals surface area contributed by atoms with Crippen molar-refractivity contribution in [2.24, 2.45) is 11.8 Å². The van der Waals surface area contributed by atoms with E-state index in [0.29, 0.717) is 17.3 Å². The maximum atomic E-state index is 13.2. The topological polar surface area (TPSA) is 76.4 Å². The van der Waals surface area contributed by atoms with E-state index in [-0.39, 0.29) is 5.56 Å². The van der Waals surface area contributed by atoms with Crippen LogP contribution in [0.2, 0.25) is 0 Å². The molecule has 2 fully saturated rings. The van der Waals surface area contributed by atoms with Crippen LogP contribution in [0.3, 0.4) is 0 Å². The van der Waals surface area contributed by atoms with Crippen LogP contribution in [0.5, 0.6) is 0 Å². The molecule has 0 unspecified atom stereocenters. The Kier molecular flexibility index (Phi) is 4.77.